The van der Waals surface area contributed by atoms with Crippen molar-refractivity contribution in [3.8, 4) is 0 Å². The fourth-order valence-electron chi connectivity index (χ4n) is 3.93. The van der Waals surface area contributed by atoms with Gasteiger partial charge in [0.1, 0.15) is 5.82 Å². The molecule has 1 unspecified atom stereocenters. The van der Waals surface area contributed by atoms with Crippen LogP contribution in [0.5, 0.6) is 0 Å². The molecule has 1 atom stereocenters. The number of hydrogen-bond acceptors (Lipinski definition) is 4. The molecule has 1 N–H and O–H groups in total. The van der Waals surface area contributed by atoms with Crippen molar-refractivity contribution in [3.05, 3.63) is 35.1 Å². The van der Waals surface area contributed by atoms with Crippen molar-refractivity contribution in [2.75, 3.05) is 40.5 Å². The Bertz CT molecular complexity index is 657. The molecular formula is C22H34FN3O3. The summed E-state index contributed by atoms with van der Waals surface area (Å²) in [4.78, 5) is 6.68. The van der Waals surface area contributed by atoms with Gasteiger partial charge in [-0.05, 0) is 49.8 Å². The lowest BCUT2D eigenvalue weighted by Gasteiger charge is -2.35. The molecule has 2 aliphatic rings. The fourth-order valence-corrected chi connectivity index (χ4v) is 3.93. The second kappa shape index (κ2) is 11.5. The van der Waals surface area contributed by atoms with Crippen molar-refractivity contribution in [3.63, 3.8) is 0 Å². The van der Waals surface area contributed by atoms with E-state index in [2.05, 4.69) is 15.2 Å². The zero-order chi connectivity index (χ0) is 20.5. The quantitative estimate of drug-likeness (QED) is 0.556. The predicted molar refractivity (Wildman–Crippen MR) is 111 cm³/mol. The van der Waals surface area contributed by atoms with Gasteiger partial charge in [0.05, 0.1) is 25.4 Å². The third-order valence-corrected chi connectivity index (χ3v) is 5.61. The highest BCUT2D eigenvalue weighted by atomic mass is 19.1. The van der Waals surface area contributed by atoms with E-state index < -0.39 is 0 Å². The van der Waals surface area contributed by atoms with Crippen LogP contribution in [0.4, 0.5) is 4.39 Å². The van der Waals surface area contributed by atoms with Crippen molar-refractivity contribution in [1.82, 2.24) is 10.2 Å². The van der Waals surface area contributed by atoms with E-state index in [0.717, 1.165) is 50.5 Å². The third-order valence-electron chi connectivity index (χ3n) is 5.61. The lowest BCUT2D eigenvalue weighted by atomic mass is 10.1. The summed E-state index contributed by atoms with van der Waals surface area (Å²) >= 11 is 0. The molecule has 0 bridgehead atoms. The zero-order valence-corrected chi connectivity index (χ0v) is 17.7. The summed E-state index contributed by atoms with van der Waals surface area (Å²) in [6.45, 7) is 4.27. The van der Waals surface area contributed by atoms with Crippen LogP contribution in [0, 0.1) is 5.82 Å². The van der Waals surface area contributed by atoms with Gasteiger partial charge in [0.25, 0.3) is 0 Å². The molecule has 0 radical (unpaired) electrons. The van der Waals surface area contributed by atoms with Crippen molar-refractivity contribution in [2.24, 2.45) is 4.99 Å². The van der Waals surface area contributed by atoms with Crippen LogP contribution < -0.4 is 5.32 Å². The molecule has 0 aromatic heterocycles. The van der Waals surface area contributed by atoms with E-state index in [1.165, 1.54) is 18.9 Å². The van der Waals surface area contributed by atoms with Gasteiger partial charge < -0.3 is 24.4 Å². The molecule has 0 amide bonds. The maximum absolute atomic E-state index is 13.8. The van der Waals surface area contributed by atoms with Crippen LogP contribution in [0.15, 0.2) is 23.2 Å². The van der Waals surface area contributed by atoms with Crippen LogP contribution in [-0.2, 0) is 27.4 Å². The molecule has 2 heterocycles. The highest BCUT2D eigenvalue weighted by molar-refractivity contribution is 5.79. The number of nitrogens with one attached hydrogen (secondary N) is 1. The minimum absolute atomic E-state index is 0.235. The molecule has 29 heavy (non-hydrogen) atoms. The minimum Gasteiger partial charge on any atom is -0.380 e. The second-order valence-electron chi connectivity index (χ2n) is 7.77. The normalized spacial score (nSPS) is 21.4. The van der Waals surface area contributed by atoms with Gasteiger partial charge in [-0.1, -0.05) is 6.07 Å². The van der Waals surface area contributed by atoms with Gasteiger partial charge in [0, 0.05) is 46.0 Å². The molecule has 6 nitrogen and oxygen atoms in total. The molecule has 0 saturated carbocycles. The van der Waals surface area contributed by atoms with E-state index in [4.69, 9.17) is 14.2 Å². The number of ether oxygens (including phenoxy) is 3. The summed E-state index contributed by atoms with van der Waals surface area (Å²) in [5, 5.41) is 3.39. The van der Waals surface area contributed by atoms with E-state index in [0.29, 0.717) is 24.8 Å². The highest BCUT2D eigenvalue weighted by Crippen LogP contribution is 2.18. The van der Waals surface area contributed by atoms with Gasteiger partial charge in [0.15, 0.2) is 5.96 Å². The van der Waals surface area contributed by atoms with Gasteiger partial charge in [-0.2, -0.15) is 0 Å². The lowest BCUT2D eigenvalue weighted by molar-refractivity contribution is -0.0721. The molecule has 7 heteroatoms. The largest absolute Gasteiger partial charge is 0.380 e. The SMILES string of the molecule is CN=C(NCc1ccc(F)c(COC)c1)N1CCC(OCC2CCCCO2)CC1. The number of methoxy groups -OCH3 is 1. The van der Waals surface area contributed by atoms with Gasteiger partial charge in [-0.3, -0.25) is 4.99 Å². The standard InChI is InChI=1S/C22H34FN3O3/c1-24-22(25-14-17-6-7-21(23)18(13-17)15-27-2)26-10-8-19(9-11-26)29-16-20-5-3-4-12-28-20/h6-7,13,19-20H,3-5,8-12,14-16H2,1-2H3,(H,24,25). The first kappa shape index (κ1) is 22.0. The van der Waals surface area contributed by atoms with E-state index in [-0.39, 0.29) is 18.5 Å². The van der Waals surface area contributed by atoms with Crippen LogP contribution in [0.3, 0.4) is 0 Å². The smallest absolute Gasteiger partial charge is 0.193 e. The van der Waals surface area contributed by atoms with Crippen LogP contribution in [-0.4, -0.2) is 63.5 Å². The van der Waals surface area contributed by atoms with E-state index in [1.807, 2.05) is 6.07 Å². The molecule has 1 aromatic rings. The molecule has 2 aliphatic heterocycles. The van der Waals surface area contributed by atoms with Crippen LogP contribution >= 0.6 is 0 Å². The Hall–Kier alpha value is -1.70. The number of rotatable bonds is 7. The summed E-state index contributed by atoms with van der Waals surface area (Å²) in [5.41, 5.74) is 1.58. The Morgan fingerprint density at radius 3 is 2.79 bits per heavy atom. The van der Waals surface area contributed by atoms with Crippen LogP contribution in [0.25, 0.3) is 0 Å². The molecule has 162 valence electrons. The van der Waals surface area contributed by atoms with Crippen LogP contribution in [0.1, 0.15) is 43.2 Å². The number of guanidine groups is 1. The van der Waals surface area contributed by atoms with Crippen molar-refractivity contribution < 1.29 is 18.6 Å². The van der Waals surface area contributed by atoms with Gasteiger partial charge in [0.2, 0.25) is 0 Å². The van der Waals surface area contributed by atoms with Gasteiger partial charge in [-0.25, -0.2) is 4.39 Å². The average Bonchev–Trinajstić information content (AvgIpc) is 2.76. The third kappa shape index (κ3) is 6.66. The first-order valence-corrected chi connectivity index (χ1v) is 10.6. The Morgan fingerprint density at radius 1 is 1.28 bits per heavy atom. The van der Waals surface area contributed by atoms with Crippen molar-refractivity contribution in [2.45, 2.75) is 57.5 Å². The predicted octanol–water partition coefficient (Wildman–Crippen LogP) is 3.10. The summed E-state index contributed by atoms with van der Waals surface area (Å²) in [6.07, 6.45) is 6.08. The van der Waals surface area contributed by atoms with Crippen molar-refractivity contribution >= 4 is 5.96 Å². The molecule has 2 saturated heterocycles. The lowest BCUT2D eigenvalue weighted by Crippen LogP contribution is -2.47. The van der Waals surface area contributed by atoms with E-state index in [9.17, 15) is 4.39 Å². The number of halogens is 1. The Labute approximate surface area is 173 Å². The maximum atomic E-state index is 13.8. The summed E-state index contributed by atoms with van der Waals surface area (Å²) in [6, 6.07) is 5.13. The minimum atomic E-state index is -0.235. The Balaban J connectivity index is 1.42. The molecule has 0 spiro atoms. The summed E-state index contributed by atoms with van der Waals surface area (Å²) in [7, 11) is 3.37. The molecule has 1 aromatic carbocycles. The molecule has 3 rings (SSSR count). The topological polar surface area (TPSA) is 55.3 Å². The fraction of sp³-hybridized carbons (Fsp3) is 0.682. The van der Waals surface area contributed by atoms with Crippen molar-refractivity contribution in [1.29, 1.82) is 0 Å². The maximum Gasteiger partial charge on any atom is 0.193 e. The number of nitrogens with zero attached hydrogens (tertiary/aromatic N) is 2. The zero-order valence-electron chi connectivity index (χ0n) is 17.7. The van der Waals surface area contributed by atoms with E-state index in [1.54, 1.807) is 20.2 Å². The monoisotopic (exact) mass is 407 g/mol. The van der Waals surface area contributed by atoms with Crippen LogP contribution in [0.2, 0.25) is 0 Å². The molecule has 0 aliphatic carbocycles. The first-order chi connectivity index (χ1) is 14.2. The molecular weight excluding hydrogens is 373 g/mol. The number of piperidine rings is 1. The van der Waals surface area contributed by atoms with Gasteiger partial charge in [-0.15, -0.1) is 0 Å². The summed E-state index contributed by atoms with van der Waals surface area (Å²) in [5.74, 6) is 0.636. The molecule has 2 fully saturated rings. The second-order valence-corrected chi connectivity index (χ2v) is 7.77. The Kier molecular flexibility index (Phi) is 8.70. The van der Waals surface area contributed by atoms with Gasteiger partial charge >= 0.3 is 0 Å². The number of hydrogen-bond donors (Lipinski definition) is 1. The first-order valence-electron chi connectivity index (χ1n) is 10.6. The Morgan fingerprint density at radius 2 is 2.10 bits per heavy atom. The number of aliphatic imine (C=N–C) groups is 1. The summed E-state index contributed by atoms with van der Waals surface area (Å²) < 4.78 is 30.7. The number of likely N-dealkylation sites (tertiary alicyclic amines) is 1. The highest BCUT2D eigenvalue weighted by Gasteiger charge is 2.23. The average molecular weight is 408 g/mol. The number of benzene rings is 1. The van der Waals surface area contributed by atoms with E-state index >= 15 is 0 Å².